The van der Waals surface area contributed by atoms with Crippen LogP contribution < -0.4 is 16.4 Å². The molecule has 2 aromatic heterocycles. The van der Waals surface area contributed by atoms with Crippen LogP contribution in [0.1, 0.15) is 45.9 Å². The molecule has 3 rings (SSSR count). The Hall–Kier alpha value is -3.48. The van der Waals surface area contributed by atoms with Crippen molar-refractivity contribution in [2.75, 3.05) is 58.5 Å². The van der Waals surface area contributed by atoms with Gasteiger partial charge in [0.15, 0.2) is 5.82 Å². The molecule has 0 aliphatic heterocycles. The van der Waals surface area contributed by atoms with Gasteiger partial charge in [-0.2, -0.15) is 0 Å². The number of pyridine rings is 1. The van der Waals surface area contributed by atoms with Crippen LogP contribution >= 0.6 is 0 Å². The summed E-state index contributed by atoms with van der Waals surface area (Å²) in [5.74, 6) is 1.36. The number of nitrogens with zero attached hydrogens (tertiary/aromatic N) is 3. The lowest BCUT2D eigenvalue weighted by Gasteiger charge is -2.27. The average molecular weight is 573 g/mol. The summed E-state index contributed by atoms with van der Waals surface area (Å²) in [6.45, 7) is 9.96. The summed E-state index contributed by atoms with van der Waals surface area (Å²) in [6.07, 6.45) is 2.12. The molecule has 12 heteroatoms. The van der Waals surface area contributed by atoms with Crippen molar-refractivity contribution in [3.05, 3.63) is 30.1 Å². The number of ether oxygens (including phenoxy) is 3. The molecule has 0 bridgehead atoms. The average Bonchev–Trinajstić information content (AvgIpc) is 3.29. The predicted molar refractivity (Wildman–Crippen MR) is 158 cm³/mol. The van der Waals surface area contributed by atoms with Crippen molar-refractivity contribution in [2.24, 2.45) is 5.41 Å². The first kappa shape index (κ1) is 32.0. The Bertz CT molecular complexity index is 1280. The molecule has 0 spiro atoms. The quantitative estimate of drug-likeness (QED) is 0.158. The molecule has 5 N–H and O–H groups in total. The van der Waals surface area contributed by atoms with E-state index in [4.69, 9.17) is 30.0 Å². The molecule has 3 aromatic rings. The van der Waals surface area contributed by atoms with Crippen molar-refractivity contribution in [3.8, 4) is 0 Å². The van der Waals surface area contributed by atoms with Crippen LogP contribution in [0.2, 0.25) is 0 Å². The summed E-state index contributed by atoms with van der Waals surface area (Å²) in [6, 6.07) is 7.98. The summed E-state index contributed by atoms with van der Waals surface area (Å²) in [4.78, 5) is 32.3. The number of nitrogens with two attached hydrogens (primary N) is 1. The maximum Gasteiger partial charge on any atom is 0.404 e. The number of fused-ring (bicyclic) bond motifs is 3. The van der Waals surface area contributed by atoms with Crippen LogP contribution in [0.5, 0.6) is 0 Å². The van der Waals surface area contributed by atoms with E-state index in [-0.39, 0.29) is 24.3 Å². The normalized spacial score (nSPS) is 11.8. The number of unbranched alkanes of at least 4 members (excludes halogenated alkanes) is 1. The molecule has 0 saturated heterocycles. The van der Waals surface area contributed by atoms with Gasteiger partial charge in [0.2, 0.25) is 5.91 Å². The van der Waals surface area contributed by atoms with Gasteiger partial charge in [-0.15, -0.1) is 0 Å². The lowest BCUT2D eigenvalue weighted by atomic mass is 9.93. The largest absolute Gasteiger partial charge is 0.465 e. The molecular weight excluding hydrogens is 528 g/mol. The van der Waals surface area contributed by atoms with Gasteiger partial charge in [-0.1, -0.05) is 45.4 Å². The number of nitrogen functional groups attached to an aromatic ring is 1. The fourth-order valence-corrected chi connectivity index (χ4v) is 4.45. The third-order valence-electron chi connectivity index (χ3n) is 6.53. The second-order valence-electron chi connectivity index (χ2n) is 10.7. The Kier molecular flexibility index (Phi) is 12.6. The highest BCUT2D eigenvalue weighted by atomic mass is 16.5. The van der Waals surface area contributed by atoms with Crippen LogP contribution in [0.25, 0.3) is 21.9 Å². The van der Waals surface area contributed by atoms with Crippen LogP contribution in [0.15, 0.2) is 24.3 Å². The van der Waals surface area contributed by atoms with E-state index in [2.05, 4.69) is 47.0 Å². The molecule has 0 aliphatic carbocycles. The Morgan fingerprint density at radius 2 is 1.68 bits per heavy atom. The van der Waals surface area contributed by atoms with Crippen molar-refractivity contribution in [2.45, 2.75) is 53.0 Å². The number of benzene rings is 1. The molecule has 41 heavy (non-hydrogen) atoms. The number of hydrogen-bond acceptors (Lipinski definition) is 8. The van der Waals surface area contributed by atoms with Gasteiger partial charge in [-0.3, -0.25) is 4.79 Å². The Morgan fingerprint density at radius 3 is 2.39 bits per heavy atom. The minimum Gasteiger partial charge on any atom is -0.465 e. The maximum absolute atomic E-state index is 12.5. The van der Waals surface area contributed by atoms with Gasteiger partial charge in [-0.25, -0.2) is 14.8 Å². The summed E-state index contributed by atoms with van der Waals surface area (Å²) in [5.41, 5.74) is 8.66. The molecular formula is C29H44N6O6. The molecule has 12 nitrogen and oxygen atoms in total. The highest BCUT2D eigenvalue weighted by molar-refractivity contribution is 6.06. The second kappa shape index (κ2) is 16.1. The SMILES string of the molecule is CCCCc1nc2c(N)nc3ccccc3c2n1CC(C)(C)CNC(=O)CCOCCOCCOCCNC(=O)O. The molecule has 0 fully saturated rings. The zero-order chi connectivity index (χ0) is 29.7. The Labute approximate surface area is 240 Å². The minimum atomic E-state index is -1.07. The number of nitrogens with one attached hydrogen (secondary N) is 2. The number of imidazole rings is 1. The lowest BCUT2D eigenvalue weighted by Crippen LogP contribution is -2.37. The monoisotopic (exact) mass is 572 g/mol. The molecule has 2 heterocycles. The standard InChI is InChI=1S/C29H44N6O6/c1-4-5-10-23-34-25-26(21-8-6-7-9-22(21)33-27(25)30)35(23)20-29(2,3)19-32-24(36)11-13-39-15-17-41-18-16-40-14-12-31-28(37)38/h6-9,31H,4-5,10-20H2,1-3H3,(H2,30,33)(H,32,36)(H,37,38). The van der Waals surface area contributed by atoms with E-state index in [9.17, 15) is 9.59 Å². The van der Waals surface area contributed by atoms with Crippen LogP contribution in [-0.4, -0.2) is 84.4 Å². The van der Waals surface area contributed by atoms with Crippen LogP contribution in [0, 0.1) is 5.41 Å². The molecule has 0 saturated carbocycles. The fourth-order valence-electron chi connectivity index (χ4n) is 4.45. The third kappa shape index (κ3) is 10.1. The number of rotatable bonds is 19. The number of aryl methyl sites for hydroxylation is 1. The molecule has 226 valence electrons. The zero-order valence-corrected chi connectivity index (χ0v) is 24.4. The maximum atomic E-state index is 12.5. The predicted octanol–water partition coefficient (Wildman–Crippen LogP) is 3.36. The smallest absolute Gasteiger partial charge is 0.404 e. The fraction of sp³-hybridized carbons (Fsp3) is 0.586. The number of amides is 2. The van der Waals surface area contributed by atoms with Gasteiger partial charge < -0.3 is 40.3 Å². The van der Waals surface area contributed by atoms with Gasteiger partial charge >= 0.3 is 6.09 Å². The number of carbonyl (C=O) groups excluding carboxylic acids is 1. The first-order valence-corrected chi connectivity index (χ1v) is 14.2. The summed E-state index contributed by atoms with van der Waals surface area (Å²) in [7, 11) is 0. The highest BCUT2D eigenvalue weighted by Crippen LogP contribution is 2.31. The molecule has 0 aliphatic rings. The first-order valence-electron chi connectivity index (χ1n) is 14.2. The van der Waals surface area contributed by atoms with Crippen molar-refractivity contribution < 1.29 is 28.9 Å². The van der Waals surface area contributed by atoms with Crippen LogP contribution in [0.4, 0.5) is 10.6 Å². The van der Waals surface area contributed by atoms with Gasteiger partial charge in [0.05, 0.1) is 50.7 Å². The number of aromatic nitrogens is 3. The van der Waals surface area contributed by atoms with Crippen molar-refractivity contribution in [3.63, 3.8) is 0 Å². The summed E-state index contributed by atoms with van der Waals surface area (Å²) < 4.78 is 18.4. The zero-order valence-electron chi connectivity index (χ0n) is 24.4. The third-order valence-corrected chi connectivity index (χ3v) is 6.53. The number of carboxylic acid groups (broad SMARTS) is 1. The topological polar surface area (TPSA) is 163 Å². The van der Waals surface area contributed by atoms with Crippen LogP contribution in [0.3, 0.4) is 0 Å². The van der Waals surface area contributed by atoms with Gasteiger partial charge in [0, 0.05) is 43.3 Å². The van der Waals surface area contributed by atoms with E-state index < -0.39 is 6.09 Å². The molecule has 2 amide bonds. The van der Waals surface area contributed by atoms with E-state index in [0.717, 1.165) is 47.0 Å². The van der Waals surface area contributed by atoms with Gasteiger partial charge in [0.25, 0.3) is 0 Å². The lowest BCUT2D eigenvalue weighted by molar-refractivity contribution is -0.122. The highest BCUT2D eigenvalue weighted by Gasteiger charge is 2.25. The Morgan fingerprint density at radius 1 is 1.00 bits per heavy atom. The van der Waals surface area contributed by atoms with Crippen molar-refractivity contribution in [1.82, 2.24) is 25.2 Å². The van der Waals surface area contributed by atoms with E-state index in [0.29, 0.717) is 58.5 Å². The number of anilines is 1. The van der Waals surface area contributed by atoms with E-state index >= 15 is 0 Å². The number of para-hydroxylation sites is 1. The van der Waals surface area contributed by atoms with Crippen molar-refractivity contribution >= 4 is 39.8 Å². The van der Waals surface area contributed by atoms with Gasteiger partial charge in [0.1, 0.15) is 11.3 Å². The second-order valence-corrected chi connectivity index (χ2v) is 10.7. The van der Waals surface area contributed by atoms with E-state index in [1.807, 2.05) is 18.2 Å². The first-order chi connectivity index (χ1) is 19.7. The summed E-state index contributed by atoms with van der Waals surface area (Å²) >= 11 is 0. The molecule has 0 atom stereocenters. The van der Waals surface area contributed by atoms with Crippen molar-refractivity contribution in [1.29, 1.82) is 0 Å². The Balaban J connectivity index is 1.44. The molecule has 0 radical (unpaired) electrons. The van der Waals surface area contributed by atoms with Crippen LogP contribution in [-0.2, 0) is 32.0 Å². The van der Waals surface area contributed by atoms with E-state index in [1.54, 1.807) is 0 Å². The number of carbonyl (C=O) groups is 2. The minimum absolute atomic E-state index is 0.0667. The molecule has 1 aromatic carbocycles. The van der Waals surface area contributed by atoms with E-state index in [1.165, 1.54) is 0 Å². The van der Waals surface area contributed by atoms with Gasteiger partial charge in [-0.05, 0) is 12.5 Å². The molecule has 0 unspecified atom stereocenters. The number of hydrogen-bond donors (Lipinski definition) is 4. The summed E-state index contributed by atoms with van der Waals surface area (Å²) in [5, 5.41) is 14.8.